The number of rotatable bonds is 8. The van der Waals surface area contributed by atoms with Crippen LogP contribution in [0, 0.1) is 6.92 Å². The van der Waals surface area contributed by atoms with Gasteiger partial charge < -0.3 is 10.1 Å². The molecule has 0 bridgehead atoms. The first-order valence-electron chi connectivity index (χ1n) is 10.3. The van der Waals surface area contributed by atoms with Gasteiger partial charge in [-0.05, 0) is 58.4 Å². The van der Waals surface area contributed by atoms with E-state index in [4.69, 9.17) is 4.74 Å². The maximum Gasteiger partial charge on any atom is 0.322 e. The van der Waals surface area contributed by atoms with Crippen LogP contribution in [0.5, 0.6) is 0 Å². The molecule has 0 fully saturated rings. The summed E-state index contributed by atoms with van der Waals surface area (Å²) in [4.78, 5) is 22.0. The van der Waals surface area contributed by atoms with Crippen LogP contribution < -0.4 is 5.32 Å². The lowest BCUT2D eigenvalue weighted by Crippen LogP contribution is -2.31. The van der Waals surface area contributed by atoms with E-state index in [0.717, 1.165) is 27.5 Å². The van der Waals surface area contributed by atoms with E-state index in [9.17, 15) is 4.79 Å². The van der Waals surface area contributed by atoms with E-state index >= 15 is 0 Å². The van der Waals surface area contributed by atoms with Crippen molar-refractivity contribution in [3.05, 3.63) is 72.1 Å². The first-order valence-corrected chi connectivity index (χ1v) is 11.2. The van der Waals surface area contributed by atoms with Gasteiger partial charge in [-0.3, -0.25) is 4.79 Å². The van der Waals surface area contributed by atoms with Crippen molar-refractivity contribution in [2.75, 3.05) is 5.32 Å². The molecule has 31 heavy (non-hydrogen) atoms. The Morgan fingerprint density at radius 1 is 1.10 bits per heavy atom. The summed E-state index contributed by atoms with van der Waals surface area (Å²) in [5.41, 5.74) is 4.29. The minimum atomic E-state index is -0.642. The largest absolute Gasteiger partial charge is 0.462 e. The summed E-state index contributed by atoms with van der Waals surface area (Å²) in [6.07, 6.45) is 1.46. The summed E-state index contributed by atoms with van der Waals surface area (Å²) >= 11 is 1.50. The van der Waals surface area contributed by atoms with E-state index in [0.29, 0.717) is 6.54 Å². The number of aryl methyl sites for hydroxylation is 1. The summed E-state index contributed by atoms with van der Waals surface area (Å²) in [7, 11) is 0. The zero-order valence-electron chi connectivity index (χ0n) is 18.7. The minimum absolute atomic E-state index is 0.117. The Hall–Kier alpha value is -2.86. The van der Waals surface area contributed by atoms with E-state index in [1.54, 1.807) is 6.33 Å². The van der Waals surface area contributed by atoms with Crippen molar-refractivity contribution < 1.29 is 9.53 Å². The quantitative estimate of drug-likeness (QED) is 0.352. The number of anilines is 1. The Kier molecular flexibility index (Phi) is 7.33. The smallest absolute Gasteiger partial charge is 0.322 e. The highest BCUT2D eigenvalue weighted by Gasteiger charge is 2.31. The maximum atomic E-state index is 12.3. The minimum Gasteiger partial charge on any atom is -0.462 e. The zero-order chi connectivity index (χ0) is 22.4. The molecule has 0 aliphatic carbocycles. The Balaban J connectivity index is 1.61. The molecular weight excluding hydrogens is 406 g/mol. The molecule has 1 aromatic heterocycles. The van der Waals surface area contributed by atoms with Crippen LogP contribution in [-0.4, -0.2) is 26.8 Å². The van der Waals surface area contributed by atoms with E-state index in [1.807, 2.05) is 58.0 Å². The van der Waals surface area contributed by atoms with Gasteiger partial charge in [0.15, 0.2) is 0 Å². The predicted octanol–water partition coefficient (Wildman–Crippen LogP) is 5.89. The van der Waals surface area contributed by atoms with Crippen LogP contribution in [0.2, 0.25) is 0 Å². The highest BCUT2D eigenvalue weighted by Crippen LogP contribution is 2.34. The number of ether oxygens (including phenoxy) is 1. The van der Waals surface area contributed by atoms with Crippen molar-refractivity contribution in [3.63, 3.8) is 0 Å². The van der Waals surface area contributed by atoms with E-state index in [1.165, 1.54) is 17.3 Å². The lowest BCUT2D eigenvalue weighted by atomic mass is 10.1. The fourth-order valence-corrected chi connectivity index (χ4v) is 3.97. The van der Waals surface area contributed by atoms with Crippen LogP contribution in [0.15, 0.2) is 65.8 Å². The average Bonchev–Trinajstić information content (AvgIpc) is 2.73. The van der Waals surface area contributed by atoms with Crippen LogP contribution >= 0.6 is 11.8 Å². The van der Waals surface area contributed by atoms with Crippen molar-refractivity contribution >= 4 is 23.5 Å². The number of nitrogens with zero attached hydrogens (tertiary/aromatic N) is 2. The third-order valence-electron chi connectivity index (χ3n) is 4.59. The van der Waals surface area contributed by atoms with E-state index in [-0.39, 0.29) is 12.1 Å². The molecule has 0 spiro atoms. The van der Waals surface area contributed by atoms with Gasteiger partial charge in [0, 0.05) is 23.1 Å². The first kappa shape index (κ1) is 22.8. The lowest BCUT2D eigenvalue weighted by molar-refractivity contribution is -0.149. The first-order chi connectivity index (χ1) is 14.7. The molecular formula is C25H29N3O2S. The van der Waals surface area contributed by atoms with Gasteiger partial charge in [-0.2, -0.15) is 0 Å². The van der Waals surface area contributed by atoms with Crippen molar-refractivity contribution in [1.82, 2.24) is 9.97 Å². The molecule has 3 aromatic rings. The summed E-state index contributed by atoms with van der Waals surface area (Å²) in [6.45, 7) is 10.2. The third-order valence-corrected chi connectivity index (χ3v) is 5.77. The fraction of sp³-hybridized carbons (Fsp3) is 0.320. The molecule has 1 N–H and O–H groups in total. The van der Waals surface area contributed by atoms with Crippen molar-refractivity contribution in [2.45, 2.75) is 56.9 Å². The molecule has 1 heterocycles. The van der Waals surface area contributed by atoms with Gasteiger partial charge in [0.05, 0.1) is 11.8 Å². The van der Waals surface area contributed by atoms with Crippen LogP contribution in [-0.2, 0) is 16.1 Å². The highest BCUT2D eigenvalue weighted by molar-refractivity contribution is 8.01. The van der Waals surface area contributed by atoms with Crippen molar-refractivity contribution in [2.24, 2.45) is 0 Å². The number of carbonyl (C=O) groups excluding carboxylic acids is 1. The highest BCUT2D eigenvalue weighted by atomic mass is 32.2. The molecule has 0 saturated carbocycles. The van der Waals surface area contributed by atoms with Gasteiger partial charge >= 0.3 is 5.97 Å². The monoisotopic (exact) mass is 435 g/mol. The number of thioether (sulfide) groups is 1. The van der Waals surface area contributed by atoms with Crippen LogP contribution in [0.4, 0.5) is 5.82 Å². The van der Waals surface area contributed by atoms with Crippen LogP contribution in [0.25, 0.3) is 11.3 Å². The topological polar surface area (TPSA) is 64.1 Å². The van der Waals surface area contributed by atoms with Gasteiger partial charge in [0.25, 0.3) is 0 Å². The van der Waals surface area contributed by atoms with Crippen LogP contribution in [0.1, 0.15) is 38.8 Å². The standard InChI is InChI=1S/C25H29N3O2S/c1-17(2)30-24(29)25(4,5)31-21-11-9-19(10-12-21)15-26-23-14-22(27-16-28-23)20-8-6-7-18(3)13-20/h6-14,16-17H,15H2,1-5H3,(H,26,27,28). The molecule has 0 amide bonds. The molecule has 162 valence electrons. The predicted molar refractivity (Wildman–Crippen MR) is 127 cm³/mol. The molecule has 2 aromatic carbocycles. The zero-order valence-corrected chi connectivity index (χ0v) is 19.5. The second-order valence-electron chi connectivity index (χ2n) is 8.22. The second kappa shape index (κ2) is 9.96. The van der Waals surface area contributed by atoms with E-state index < -0.39 is 4.75 Å². The van der Waals surface area contributed by atoms with Gasteiger partial charge in [0.1, 0.15) is 16.9 Å². The van der Waals surface area contributed by atoms with Crippen LogP contribution in [0.3, 0.4) is 0 Å². The Labute approximate surface area is 188 Å². The molecule has 0 radical (unpaired) electrons. The maximum absolute atomic E-state index is 12.3. The number of hydrogen-bond donors (Lipinski definition) is 1. The molecule has 6 heteroatoms. The number of esters is 1. The molecule has 0 aliphatic rings. The summed E-state index contributed by atoms with van der Waals surface area (Å²) in [5, 5.41) is 3.36. The van der Waals surface area contributed by atoms with Crippen molar-refractivity contribution in [3.8, 4) is 11.3 Å². The number of hydrogen-bond acceptors (Lipinski definition) is 6. The second-order valence-corrected chi connectivity index (χ2v) is 9.92. The Morgan fingerprint density at radius 3 is 2.52 bits per heavy atom. The summed E-state index contributed by atoms with van der Waals surface area (Å²) in [6, 6.07) is 18.4. The molecule has 0 saturated heterocycles. The lowest BCUT2D eigenvalue weighted by Gasteiger charge is -2.23. The molecule has 0 atom stereocenters. The number of aromatic nitrogens is 2. The molecule has 3 rings (SSSR count). The normalized spacial score (nSPS) is 11.4. The Morgan fingerprint density at radius 2 is 1.84 bits per heavy atom. The van der Waals surface area contributed by atoms with Crippen molar-refractivity contribution in [1.29, 1.82) is 0 Å². The third kappa shape index (κ3) is 6.56. The average molecular weight is 436 g/mol. The van der Waals surface area contributed by atoms with Gasteiger partial charge in [-0.15, -0.1) is 11.8 Å². The number of carbonyl (C=O) groups is 1. The molecule has 5 nitrogen and oxygen atoms in total. The number of nitrogens with one attached hydrogen (secondary N) is 1. The van der Waals surface area contributed by atoms with Gasteiger partial charge in [-0.1, -0.05) is 35.9 Å². The van der Waals surface area contributed by atoms with E-state index in [2.05, 4.69) is 46.5 Å². The summed E-state index contributed by atoms with van der Waals surface area (Å²) in [5.74, 6) is 0.578. The Bertz CT molecular complexity index is 1030. The number of benzene rings is 2. The fourth-order valence-electron chi connectivity index (χ4n) is 2.98. The van der Waals surface area contributed by atoms with Gasteiger partial charge in [-0.25, -0.2) is 9.97 Å². The summed E-state index contributed by atoms with van der Waals surface area (Å²) < 4.78 is 4.72. The molecule has 0 unspecified atom stereocenters. The SMILES string of the molecule is Cc1cccc(-c2cc(NCc3ccc(SC(C)(C)C(=O)OC(C)C)cc3)ncn2)c1. The van der Waals surface area contributed by atoms with Gasteiger partial charge in [0.2, 0.25) is 0 Å². The molecule has 0 aliphatic heterocycles.